The third-order valence-electron chi connectivity index (χ3n) is 2.44. The average molecular weight is 195 g/mol. The zero-order valence-electron chi connectivity index (χ0n) is 7.75. The summed E-state index contributed by atoms with van der Waals surface area (Å²) in [5.74, 6) is -0.561. The lowest BCUT2D eigenvalue weighted by Crippen LogP contribution is -2.21. The molecule has 0 spiro atoms. The fourth-order valence-electron chi connectivity index (χ4n) is 1.73. The van der Waals surface area contributed by atoms with Gasteiger partial charge in [0.2, 0.25) is 5.91 Å². The van der Waals surface area contributed by atoms with Crippen LogP contribution in [0.2, 0.25) is 0 Å². The van der Waals surface area contributed by atoms with E-state index in [0.717, 1.165) is 0 Å². The van der Waals surface area contributed by atoms with E-state index in [1.54, 1.807) is 13.1 Å². The monoisotopic (exact) mass is 195 g/mol. The third kappa shape index (κ3) is 1.19. The van der Waals surface area contributed by atoms with Crippen LogP contribution >= 0.6 is 0 Å². The minimum atomic E-state index is -0.445. The first-order valence-electron chi connectivity index (χ1n) is 4.32. The zero-order chi connectivity index (χ0) is 10.3. The Bertz CT molecular complexity index is 403. The van der Waals surface area contributed by atoms with E-state index in [4.69, 9.17) is 5.11 Å². The molecule has 0 aromatic heterocycles. The first-order chi connectivity index (χ1) is 6.63. The van der Waals surface area contributed by atoms with Crippen molar-refractivity contribution >= 4 is 11.6 Å². The molecule has 0 atom stereocenters. The summed E-state index contributed by atoms with van der Waals surface area (Å²) in [4.78, 5) is 12.6. The number of halogens is 1. The summed E-state index contributed by atoms with van der Waals surface area (Å²) in [6.07, 6.45) is 0.219. The lowest BCUT2D eigenvalue weighted by atomic mass is 10.1. The van der Waals surface area contributed by atoms with Crippen LogP contribution in [0.1, 0.15) is 11.1 Å². The van der Waals surface area contributed by atoms with Crippen LogP contribution < -0.4 is 4.90 Å². The smallest absolute Gasteiger partial charge is 0.231 e. The number of aliphatic hydroxyl groups excluding tert-OH is 1. The second-order valence-corrected chi connectivity index (χ2v) is 3.37. The maximum absolute atomic E-state index is 13.5. The number of hydrogen-bond donors (Lipinski definition) is 1. The molecule has 0 saturated heterocycles. The van der Waals surface area contributed by atoms with Gasteiger partial charge in [-0.05, 0) is 17.2 Å². The van der Waals surface area contributed by atoms with Crippen LogP contribution in [-0.4, -0.2) is 18.1 Å². The van der Waals surface area contributed by atoms with Crippen LogP contribution in [-0.2, 0) is 17.8 Å². The molecule has 4 heteroatoms. The lowest BCUT2D eigenvalue weighted by Gasteiger charge is -2.11. The molecule has 0 unspecified atom stereocenters. The van der Waals surface area contributed by atoms with Gasteiger partial charge in [0.25, 0.3) is 0 Å². The van der Waals surface area contributed by atoms with Gasteiger partial charge in [-0.1, -0.05) is 6.07 Å². The Hall–Kier alpha value is -1.42. The van der Waals surface area contributed by atoms with Gasteiger partial charge in [0.05, 0.1) is 18.7 Å². The van der Waals surface area contributed by atoms with Gasteiger partial charge in [0, 0.05) is 7.05 Å². The van der Waals surface area contributed by atoms with Gasteiger partial charge < -0.3 is 10.0 Å². The number of hydrogen-bond acceptors (Lipinski definition) is 2. The van der Waals surface area contributed by atoms with Crippen molar-refractivity contribution in [3.05, 3.63) is 29.1 Å². The molecule has 74 valence electrons. The minimum Gasteiger partial charge on any atom is -0.392 e. The minimum absolute atomic E-state index is 0.117. The predicted molar refractivity (Wildman–Crippen MR) is 49.4 cm³/mol. The summed E-state index contributed by atoms with van der Waals surface area (Å²) < 4.78 is 13.5. The maximum Gasteiger partial charge on any atom is 0.231 e. The molecule has 0 aliphatic carbocycles. The first kappa shape index (κ1) is 9.15. The highest BCUT2D eigenvalue weighted by Gasteiger charge is 2.27. The Morgan fingerprint density at radius 2 is 2.29 bits per heavy atom. The number of carbonyl (C=O) groups excluding carboxylic acids is 1. The average Bonchev–Trinajstić information content (AvgIpc) is 2.43. The highest BCUT2D eigenvalue weighted by atomic mass is 19.1. The van der Waals surface area contributed by atoms with Crippen LogP contribution in [0.4, 0.5) is 10.1 Å². The number of benzene rings is 1. The SMILES string of the molecule is CN1C(=O)Cc2cc(CO)cc(F)c21. The van der Waals surface area contributed by atoms with Crippen LogP contribution in [0, 0.1) is 5.82 Å². The van der Waals surface area contributed by atoms with Crippen LogP contribution in [0.15, 0.2) is 12.1 Å². The van der Waals surface area contributed by atoms with E-state index < -0.39 is 5.82 Å². The van der Waals surface area contributed by atoms with Crippen molar-refractivity contribution in [1.29, 1.82) is 0 Å². The molecule has 1 aromatic rings. The van der Waals surface area contributed by atoms with Gasteiger partial charge >= 0.3 is 0 Å². The maximum atomic E-state index is 13.5. The van der Waals surface area contributed by atoms with Gasteiger partial charge in [0.1, 0.15) is 5.82 Å². The molecule has 14 heavy (non-hydrogen) atoms. The van der Waals surface area contributed by atoms with Crippen LogP contribution in [0.25, 0.3) is 0 Å². The number of aliphatic hydroxyl groups is 1. The van der Waals surface area contributed by atoms with Crippen molar-refractivity contribution in [2.45, 2.75) is 13.0 Å². The molecule has 0 fully saturated rings. The summed E-state index contributed by atoms with van der Waals surface area (Å²) in [5.41, 5.74) is 1.50. The summed E-state index contributed by atoms with van der Waals surface area (Å²) >= 11 is 0. The van der Waals surface area contributed by atoms with E-state index in [-0.39, 0.29) is 18.9 Å². The van der Waals surface area contributed by atoms with E-state index in [2.05, 4.69) is 0 Å². The van der Waals surface area contributed by atoms with E-state index >= 15 is 0 Å². The zero-order valence-corrected chi connectivity index (χ0v) is 7.75. The van der Waals surface area contributed by atoms with Gasteiger partial charge in [-0.3, -0.25) is 4.79 Å². The number of anilines is 1. The Kier molecular flexibility index (Phi) is 2.00. The molecule has 0 bridgehead atoms. The molecular formula is C10H10FNO2. The molecule has 1 amide bonds. The molecule has 1 heterocycles. The van der Waals surface area contributed by atoms with Crippen molar-refractivity contribution in [1.82, 2.24) is 0 Å². The second kappa shape index (κ2) is 3.06. The van der Waals surface area contributed by atoms with Crippen LogP contribution in [0.3, 0.4) is 0 Å². The van der Waals surface area contributed by atoms with E-state index in [0.29, 0.717) is 16.8 Å². The highest BCUT2D eigenvalue weighted by molar-refractivity contribution is 6.01. The van der Waals surface area contributed by atoms with Crippen molar-refractivity contribution in [3.63, 3.8) is 0 Å². The normalized spacial score (nSPS) is 14.8. The summed E-state index contributed by atoms with van der Waals surface area (Å²) in [5, 5.41) is 8.86. The van der Waals surface area contributed by atoms with Crippen molar-refractivity contribution < 1.29 is 14.3 Å². The second-order valence-electron chi connectivity index (χ2n) is 3.37. The third-order valence-corrected chi connectivity index (χ3v) is 2.44. The van der Waals surface area contributed by atoms with E-state index in [1.165, 1.54) is 11.0 Å². The number of likely N-dealkylation sites (N-methyl/N-ethyl adjacent to an activating group) is 1. The number of nitrogens with zero attached hydrogens (tertiary/aromatic N) is 1. The van der Waals surface area contributed by atoms with Crippen molar-refractivity contribution in [2.24, 2.45) is 0 Å². The Labute approximate surface area is 80.8 Å². The molecule has 1 N–H and O–H groups in total. The highest BCUT2D eigenvalue weighted by Crippen LogP contribution is 2.31. The topological polar surface area (TPSA) is 40.5 Å². The lowest BCUT2D eigenvalue weighted by molar-refractivity contribution is -0.117. The molecule has 1 aliphatic rings. The van der Waals surface area contributed by atoms with Gasteiger partial charge in [0.15, 0.2) is 0 Å². The summed E-state index contributed by atoms with van der Waals surface area (Å²) in [6, 6.07) is 2.92. The number of fused-ring (bicyclic) bond motifs is 1. The summed E-state index contributed by atoms with van der Waals surface area (Å²) in [7, 11) is 1.55. The number of carbonyl (C=O) groups is 1. The van der Waals surface area contributed by atoms with E-state index in [1.807, 2.05) is 0 Å². The van der Waals surface area contributed by atoms with Gasteiger partial charge in [-0.15, -0.1) is 0 Å². The Balaban J connectivity index is 2.57. The fourth-order valence-corrected chi connectivity index (χ4v) is 1.73. The molecular weight excluding hydrogens is 185 g/mol. The Morgan fingerprint density at radius 3 is 2.93 bits per heavy atom. The number of rotatable bonds is 1. The largest absolute Gasteiger partial charge is 0.392 e. The van der Waals surface area contributed by atoms with Crippen molar-refractivity contribution in [3.8, 4) is 0 Å². The van der Waals surface area contributed by atoms with Crippen LogP contribution in [0.5, 0.6) is 0 Å². The summed E-state index contributed by atoms with van der Waals surface area (Å²) in [6.45, 7) is -0.206. The van der Waals surface area contributed by atoms with Gasteiger partial charge in [-0.2, -0.15) is 0 Å². The van der Waals surface area contributed by atoms with Gasteiger partial charge in [-0.25, -0.2) is 4.39 Å². The quantitative estimate of drug-likeness (QED) is 0.721. The molecule has 3 nitrogen and oxygen atoms in total. The Morgan fingerprint density at radius 1 is 1.57 bits per heavy atom. The molecule has 1 aromatic carbocycles. The van der Waals surface area contributed by atoms with E-state index in [9.17, 15) is 9.18 Å². The molecule has 1 aliphatic heterocycles. The molecule has 0 radical (unpaired) electrons. The standard InChI is InChI=1S/C10H10FNO2/c1-12-9(14)4-7-2-6(5-13)3-8(11)10(7)12/h2-3,13H,4-5H2,1H3. The number of amides is 1. The molecule has 0 saturated carbocycles. The molecule has 2 rings (SSSR count). The fraction of sp³-hybridized carbons (Fsp3) is 0.300. The first-order valence-corrected chi connectivity index (χ1v) is 4.32. The van der Waals surface area contributed by atoms with Crippen molar-refractivity contribution in [2.75, 3.05) is 11.9 Å². The predicted octanol–water partition coefficient (Wildman–Crippen LogP) is 0.837.